The van der Waals surface area contributed by atoms with Crippen molar-refractivity contribution in [1.29, 1.82) is 0 Å². The van der Waals surface area contributed by atoms with Gasteiger partial charge in [-0.25, -0.2) is 4.39 Å². The third kappa shape index (κ3) is 4.27. The molecule has 1 N–H and O–H groups in total. The topological polar surface area (TPSA) is 78.2 Å². The Morgan fingerprint density at radius 1 is 0.949 bits per heavy atom. The lowest BCUT2D eigenvalue weighted by atomic mass is 10.0. The highest BCUT2D eigenvalue weighted by atomic mass is 19.1. The van der Waals surface area contributed by atoms with Crippen molar-refractivity contribution < 1.29 is 13.9 Å². The minimum Gasteiger partial charge on any atom is -0.455 e. The first-order valence-electron chi connectivity index (χ1n) is 12.8. The molecule has 0 bridgehead atoms. The van der Waals surface area contributed by atoms with Gasteiger partial charge in [0.15, 0.2) is 5.75 Å². The fourth-order valence-corrected chi connectivity index (χ4v) is 5.09. The minimum absolute atomic E-state index is 0.0737. The van der Waals surface area contributed by atoms with Crippen LogP contribution in [0.2, 0.25) is 0 Å². The van der Waals surface area contributed by atoms with E-state index in [1.807, 2.05) is 45.0 Å². The standard InChI is InChI=1S/C31H28FN3O4/c1-17-8-9-21(25(32)10-17)26-11-23-24(13-34(4)31(37)29(23)33-26)22-12-28(36)35(20-15-38-16-20)14-27(22)39-30-18(2)6-5-7-19(30)3/h5-14,20,33H,15-16H2,1-4H3. The van der Waals surface area contributed by atoms with Gasteiger partial charge < -0.3 is 23.6 Å². The number of para-hydroxylation sites is 1. The number of rotatable bonds is 5. The molecule has 0 radical (unpaired) electrons. The molecule has 0 spiro atoms. The van der Waals surface area contributed by atoms with E-state index in [1.165, 1.54) is 10.6 Å². The Bertz CT molecular complexity index is 1860. The summed E-state index contributed by atoms with van der Waals surface area (Å²) >= 11 is 0. The molecule has 39 heavy (non-hydrogen) atoms. The van der Waals surface area contributed by atoms with Crippen LogP contribution in [0.15, 0.2) is 70.5 Å². The lowest BCUT2D eigenvalue weighted by Gasteiger charge is -2.29. The van der Waals surface area contributed by atoms with Crippen LogP contribution in [-0.2, 0) is 11.8 Å². The van der Waals surface area contributed by atoms with E-state index in [4.69, 9.17) is 9.47 Å². The Kier molecular flexibility index (Phi) is 5.99. The lowest BCUT2D eigenvalue weighted by Crippen LogP contribution is -2.37. The summed E-state index contributed by atoms with van der Waals surface area (Å²) in [6.07, 6.45) is 3.41. The van der Waals surface area contributed by atoms with Gasteiger partial charge in [0.1, 0.15) is 17.1 Å². The highest BCUT2D eigenvalue weighted by Crippen LogP contribution is 2.39. The van der Waals surface area contributed by atoms with Gasteiger partial charge in [-0.2, -0.15) is 0 Å². The SMILES string of the molecule is Cc1ccc(-c2cc3c(-c4cc(=O)n(C5COC5)cc4Oc4c(C)cccc4C)cn(C)c(=O)c3[nH]2)c(F)c1. The predicted octanol–water partition coefficient (Wildman–Crippen LogP) is 5.79. The van der Waals surface area contributed by atoms with Crippen molar-refractivity contribution >= 4 is 10.9 Å². The molecule has 0 atom stereocenters. The van der Waals surface area contributed by atoms with E-state index in [2.05, 4.69) is 4.98 Å². The van der Waals surface area contributed by atoms with E-state index >= 15 is 0 Å². The molecule has 6 rings (SSSR count). The maximum atomic E-state index is 14.9. The van der Waals surface area contributed by atoms with E-state index < -0.39 is 0 Å². The van der Waals surface area contributed by atoms with Gasteiger partial charge in [0.25, 0.3) is 11.1 Å². The molecule has 2 aromatic carbocycles. The zero-order chi connectivity index (χ0) is 27.4. The number of benzene rings is 2. The molecule has 1 aliphatic heterocycles. The van der Waals surface area contributed by atoms with Crippen LogP contribution in [0.1, 0.15) is 22.7 Å². The molecule has 0 saturated carbocycles. The van der Waals surface area contributed by atoms with E-state index in [1.54, 1.807) is 42.2 Å². The Labute approximate surface area is 224 Å². The smallest absolute Gasteiger partial charge is 0.274 e. The summed E-state index contributed by atoms with van der Waals surface area (Å²) in [6, 6.07) is 14.1. The van der Waals surface area contributed by atoms with Crippen molar-refractivity contribution in [3.8, 4) is 33.9 Å². The van der Waals surface area contributed by atoms with Crippen molar-refractivity contribution in [2.24, 2.45) is 7.05 Å². The fourth-order valence-electron chi connectivity index (χ4n) is 5.09. The number of aryl methyl sites for hydroxylation is 4. The molecule has 198 valence electrons. The number of aromatic amines is 1. The van der Waals surface area contributed by atoms with Crippen molar-refractivity contribution in [1.82, 2.24) is 14.1 Å². The Hall–Kier alpha value is -4.43. The molecule has 0 aliphatic carbocycles. The molecular formula is C31H28FN3O4. The van der Waals surface area contributed by atoms with Crippen molar-refractivity contribution in [2.75, 3.05) is 13.2 Å². The van der Waals surface area contributed by atoms with Crippen molar-refractivity contribution in [3.05, 3.63) is 104 Å². The summed E-state index contributed by atoms with van der Waals surface area (Å²) in [5.74, 6) is 0.791. The number of nitrogens with one attached hydrogen (secondary N) is 1. The molecule has 5 aromatic rings. The van der Waals surface area contributed by atoms with E-state index in [0.717, 1.165) is 16.7 Å². The molecule has 4 heterocycles. The van der Waals surface area contributed by atoms with E-state index in [-0.39, 0.29) is 23.0 Å². The van der Waals surface area contributed by atoms with Gasteiger partial charge >= 0.3 is 0 Å². The van der Waals surface area contributed by atoms with E-state index in [0.29, 0.717) is 58.0 Å². The molecule has 7 nitrogen and oxygen atoms in total. The average Bonchev–Trinajstić information content (AvgIpc) is 3.30. The summed E-state index contributed by atoms with van der Waals surface area (Å²) in [4.78, 5) is 29.6. The summed E-state index contributed by atoms with van der Waals surface area (Å²) in [7, 11) is 1.65. The average molecular weight is 526 g/mol. The van der Waals surface area contributed by atoms with Gasteiger partial charge in [0, 0.05) is 47.1 Å². The lowest BCUT2D eigenvalue weighted by molar-refractivity contribution is -0.0249. The molecule has 0 unspecified atom stereocenters. The van der Waals surface area contributed by atoms with Gasteiger partial charge in [-0.15, -0.1) is 0 Å². The highest BCUT2D eigenvalue weighted by Gasteiger charge is 2.25. The fraction of sp³-hybridized carbons (Fsp3) is 0.226. The van der Waals surface area contributed by atoms with Gasteiger partial charge in [0.2, 0.25) is 0 Å². The monoisotopic (exact) mass is 525 g/mol. The van der Waals surface area contributed by atoms with Gasteiger partial charge in [0.05, 0.1) is 25.5 Å². The summed E-state index contributed by atoms with van der Waals surface area (Å²) in [5.41, 5.74) is 4.56. The number of hydrogen-bond acceptors (Lipinski definition) is 4. The molecule has 0 amide bonds. The van der Waals surface area contributed by atoms with Crippen LogP contribution in [-0.4, -0.2) is 27.3 Å². The number of hydrogen-bond donors (Lipinski definition) is 1. The third-order valence-electron chi connectivity index (χ3n) is 7.35. The summed E-state index contributed by atoms with van der Waals surface area (Å²) in [6.45, 7) is 6.67. The van der Waals surface area contributed by atoms with Crippen LogP contribution < -0.4 is 15.9 Å². The molecule has 8 heteroatoms. The van der Waals surface area contributed by atoms with Crippen LogP contribution in [0.4, 0.5) is 4.39 Å². The minimum atomic E-state index is -0.385. The second kappa shape index (κ2) is 9.39. The van der Waals surface area contributed by atoms with Gasteiger partial charge in [-0.1, -0.05) is 24.3 Å². The van der Waals surface area contributed by atoms with Crippen LogP contribution in [0.5, 0.6) is 11.5 Å². The second-order valence-corrected chi connectivity index (χ2v) is 10.2. The van der Waals surface area contributed by atoms with Crippen molar-refractivity contribution in [2.45, 2.75) is 26.8 Å². The first-order valence-corrected chi connectivity index (χ1v) is 12.8. The third-order valence-corrected chi connectivity index (χ3v) is 7.35. The summed E-state index contributed by atoms with van der Waals surface area (Å²) < 4.78 is 29.8. The number of H-pyrrole nitrogens is 1. The largest absolute Gasteiger partial charge is 0.455 e. The first-order chi connectivity index (χ1) is 18.7. The predicted molar refractivity (Wildman–Crippen MR) is 149 cm³/mol. The molecular weight excluding hydrogens is 497 g/mol. The number of halogens is 1. The number of fused-ring (bicyclic) bond motifs is 1. The Morgan fingerprint density at radius 3 is 2.36 bits per heavy atom. The number of aromatic nitrogens is 3. The van der Waals surface area contributed by atoms with Crippen LogP contribution in [0.3, 0.4) is 0 Å². The molecule has 3 aromatic heterocycles. The van der Waals surface area contributed by atoms with Crippen LogP contribution in [0.25, 0.3) is 33.3 Å². The van der Waals surface area contributed by atoms with Crippen LogP contribution in [0, 0.1) is 26.6 Å². The highest BCUT2D eigenvalue weighted by molar-refractivity contribution is 5.98. The van der Waals surface area contributed by atoms with Gasteiger partial charge in [-0.3, -0.25) is 9.59 Å². The zero-order valence-electron chi connectivity index (χ0n) is 22.2. The molecule has 1 fully saturated rings. The summed E-state index contributed by atoms with van der Waals surface area (Å²) in [5, 5.41) is 0.573. The van der Waals surface area contributed by atoms with Crippen LogP contribution >= 0.6 is 0 Å². The Morgan fingerprint density at radius 2 is 1.69 bits per heavy atom. The van der Waals surface area contributed by atoms with Crippen molar-refractivity contribution in [3.63, 3.8) is 0 Å². The van der Waals surface area contributed by atoms with Gasteiger partial charge in [-0.05, 0) is 55.7 Å². The number of ether oxygens (including phenoxy) is 2. The molecule has 1 aliphatic rings. The quantitative estimate of drug-likeness (QED) is 0.315. The maximum Gasteiger partial charge on any atom is 0.274 e. The number of pyridine rings is 2. The second-order valence-electron chi connectivity index (χ2n) is 10.2. The first kappa shape index (κ1) is 24.9. The number of nitrogens with zero attached hydrogens (tertiary/aromatic N) is 2. The normalized spacial score (nSPS) is 13.6. The maximum absolute atomic E-state index is 14.9. The zero-order valence-corrected chi connectivity index (χ0v) is 22.2. The molecule has 1 saturated heterocycles. The Balaban J connectivity index is 1.60. The van der Waals surface area contributed by atoms with E-state index in [9.17, 15) is 14.0 Å².